The fourth-order valence-electron chi connectivity index (χ4n) is 3.41. The van der Waals surface area contributed by atoms with E-state index in [1.807, 2.05) is 6.07 Å². The zero-order valence-corrected chi connectivity index (χ0v) is 19.8. The van der Waals surface area contributed by atoms with Crippen LogP contribution in [0.4, 0.5) is 17.1 Å². The molecule has 1 aliphatic heterocycles. The van der Waals surface area contributed by atoms with Gasteiger partial charge in [0.25, 0.3) is 5.91 Å². The highest BCUT2D eigenvalue weighted by Crippen LogP contribution is 2.34. The first kappa shape index (κ1) is 24.3. The summed E-state index contributed by atoms with van der Waals surface area (Å²) >= 11 is 7.09. The molecule has 1 fully saturated rings. The molecule has 35 heavy (non-hydrogen) atoms. The molecule has 10 heteroatoms. The topological polar surface area (TPSA) is 119 Å². The van der Waals surface area contributed by atoms with Crippen LogP contribution in [0.1, 0.15) is 16.8 Å². The van der Waals surface area contributed by atoms with Crippen LogP contribution >= 0.6 is 23.4 Å². The summed E-state index contributed by atoms with van der Waals surface area (Å²) < 4.78 is 5.05. The third kappa shape index (κ3) is 6.00. The largest absolute Gasteiger partial charge is 0.452 e. The normalized spacial score (nSPS) is 15.2. The first-order valence-electron chi connectivity index (χ1n) is 10.5. The molecule has 0 spiro atoms. The number of carbonyl (C=O) groups is 4. The Balaban J connectivity index is 1.34. The van der Waals surface area contributed by atoms with Crippen molar-refractivity contribution in [3.8, 4) is 0 Å². The lowest BCUT2D eigenvalue weighted by atomic mass is 10.2. The molecule has 8 nitrogen and oxygen atoms in total. The zero-order chi connectivity index (χ0) is 24.9. The van der Waals surface area contributed by atoms with Crippen LogP contribution < -0.4 is 16.0 Å². The number of nitrogen functional groups attached to an aromatic ring is 1. The molecule has 1 heterocycles. The van der Waals surface area contributed by atoms with Gasteiger partial charge in [-0.3, -0.25) is 14.4 Å². The van der Waals surface area contributed by atoms with Crippen molar-refractivity contribution in [2.75, 3.05) is 22.6 Å². The number of halogens is 1. The maximum absolute atomic E-state index is 12.9. The Morgan fingerprint density at radius 1 is 1.06 bits per heavy atom. The standard InChI is InChI=1S/C25H20ClN3O5S/c26-16-6-8-18(9-7-16)28-22(30)14-34-25(33)15-4-10-19(11-5-15)29-23(31)13-21(24(29)32)35-20-3-1-2-17(27)12-20/h1-12,21H,13-14,27H2,(H,28,30). The lowest BCUT2D eigenvalue weighted by Gasteiger charge is -2.15. The Labute approximate surface area is 210 Å². The minimum atomic E-state index is -0.711. The molecule has 0 saturated carbocycles. The number of hydrogen-bond donors (Lipinski definition) is 2. The number of thioether (sulfide) groups is 1. The lowest BCUT2D eigenvalue weighted by Crippen LogP contribution is -2.31. The number of anilines is 3. The molecule has 3 aromatic carbocycles. The second kappa shape index (κ2) is 10.6. The maximum atomic E-state index is 12.9. The molecular weight excluding hydrogens is 490 g/mol. The van der Waals surface area contributed by atoms with Gasteiger partial charge in [0.2, 0.25) is 11.8 Å². The molecular formula is C25H20ClN3O5S. The summed E-state index contributed by atoms with van der Waals surface area (Å²) in [5.41, 5.74) is 7.42. The minimum Gasteiger partial charge on any atom is -0.452 e. The second-order valence-electron chi connectivity index (χ2n) is 7.63. The van der Waals surface area contributed by atoms with Gasteiger partial charge in [0.05, 0.1) is 16.5 Å². The Hall–Kier alpha value is -3.82. The van der Waals surface area contributed by atoms with E-state index >= 15 is 0 Å². The number of benzene rings is 3. The Morgan fingerprint density at radius 3 is 2.46 bits per heavy atom. The van der Waals surface area contributed by atoms with E-state index in [0.717, 1.165) is 9.80 Å². The summed E-state index contributed by atoms with van der Waals surface area (Å²) in [4.78, 5) is 51.6. The molecule has 0 radical (unpaired) electrons. The van der Waals surface area contributed by atoms with Gasteiger partial charge in [-0.25, -0.2) is 9.69 Å². The van der Waals surface area contributed by atoms with Crippen molar-refractivity contribution in [3.63, 3.8) is 0 Å². The van der Waals surface area contributed by atoms with E-state index in [0.29, 0.717) is 22.1 Å². The molecule has 0 bridgehead atoms. The molecule has 1 saturated heterocycles. The molecule has 1 unspecified atom stereocenters. The van der Waals surface area contributed by atoms with E-state index in [2.05, 4.69) is 5.32 Å². The summed E-state index contributed by atoms with van der Waals surface area (Å²) in [5.74, 6) is -1.88. The lowest BCUT2D eigenvalue weighted by molar-refractivity contribution is -0.121. The van der Waals surface area contributed by atoms with Crippen LogP contribution in [-0.4, -0.2) is 35.5 Å². The van der Waals surface area contributed by atoms with E-state index in [4.69, 9.17) is 22.1 Å². The van der Waals surface area contributed by atoms with Crippen molar-refractivity contribution < 1.29 is 23.9 Å². The molecule has 0 aliphatic carbocycles. The van der Waals surface area contributed by atoms with Crippen molar-refractivity contribution in [3.05, 3.63) is 83.4 Å². The number of imide groups is 1. The third-order valence-electron chi connectivity index (χ3n) is 5.07. The van der Waals surface area contributed by atoms with Crippen LogP contribution in [0.2, 0.25) is 5.02 Å². The summed E-state index contributed by atoms with van der Waals surface area (Å²) in [6.07, 6.45) is 0.0603. The highest BCUT2D eigenvalue weighted by molar-refractivity contribution is 8.00. The number of hydrogen-bond acceptors (Lipinski definition) is 7. The minimum absolute atomic E-state index is 0.0603. The Morgan fingerprint density at radius 2 is 1.77 bits per heavy atom. The van der Waals surface area contributed by atoms with Crippen molar-refractivity contribution in [1.82, 2.24) is 0 Å². The van der Waals surface area contributed by atoms with Gasteiger partial charge in [0.15, 0.2) is 6.61 Å². The average molecular weight is 510 g/mol. The predicted molar refractivity (Wildman–Crippen MR) is 134 cm³/mol. The van der Waals surface area contributed by atoms with Crippen LogP contribution in [0.5, 0.6) is 0 Å². The SMILES string of the molecule is Nc1cccc(SC2CC(=O)N(c3ccc(C(=O)OCC(=O)Nc4ccc(Cl)cc4)cc3)C2=O)c1. The van der Waals surface area contributed by atoms with Gasteiger partial charge < -0.3 is 15.8 Å². The molecule has 4 rings (SSSR count). The number of carbonyl (C=O) groups excluding carboxylic acids is 4. The Bertz CT molecular complexity index is 1280. The molecule has 1 aliphatic rings. The van der Waals surface area contributed by atoms with E-state index in [1.165, 1.54) is 36.0 Å². The summed E-state index contributed by atoms with van der Waals surface area (Å²) in [5, 5.41) is 2.56. The molecule has 3 N–H and O–H groups in total. The van der Waals surface area contributed by atoms with E-state index in [1.54, 1.807) is 42.5 Å². The van der Waals surface area contributed by atoms with Crippen LogP contribution in [0.15, 0.2) is 77.7 Å². The van der Waals surface area contributed by atoms with E-state index < -0.39 is 23.7 Å². The van der Waals surface area contributed by atoms with Gasteiger partial charge in [-0.05, 0) is 66.7 Å². The number of nitrogens with zero attached hydrogens (tertiary/aromatic N) is 1. The first-order chi connectivity index (χ1) is 16.8. The average Bonchev–Trinajstić information content (AvgIpc) is 3.11. The van der Waals surface area contributed by atoms with Crippen LogP contribution in [0.25, 0.3) is 0 Å². The predicted octanol–water partition coefficient (Wildman–Crippen LogP) is 4.14. The van der Waals surface area contributed by atoms with Gasteiger partial charge >= 0.3 is 5.97 Å². The number of nitrogens with two attached hydrogens (primary N) is 1. The fourth-order valence-corrected chi connectivity index (χ4v) is 4.66. The van der Waals surface area contributed by atoms with Crippen LogP contribution in [0.3, 0.4) is 0 Å². The number of ether oxygens (including phenoxy) is 1. The van der Waals surface area contributed by atoms with Gasteiger partial charge in [-0.2, -0.15) is 0 Å². The maximum Gasteiger partial charge on any atom is 0.338 e. The van der Waals surface area contributed by atoms with Crippen molar-refractivity contribution in [2.24, 2.45) is 0 Å². The van der Waals surface area contributed by atoms with Crippen LogP contribution in [-0.2, 0) is 19.1 Å². The highest BCUT2D eigenvalue weighted by atomic mass is 35.5. The highest BCUT2D eigenvalue weighted by Gasteiger charge is 2.40. The quantitative estimate of drug-likeness (QED) is 0.279. The molecule has 3 aromatic rings. The zero-order valence-electron chi connectivity index (χ0n) is 18.3. The molecule has 1 atom stereocenters. The summed E-state index contributed by atoms with van der Waals surface area (Å²) in [6.45, 7) is -0.477. The van der Waals surface area contributed by atoms with Crippen molar-refractivity contribution in [2.45, 2.75) is 16.6 Å². The number of nitrogens with one attached hydrogen (secondary N) is 1. The number of rotatable bonds is 7. The molecule has 178 valence electrons. The number of amides is 3. The van der Waals surface area contributed by atoms with E-state index in [9.17, 15) is 19.2 Å². The first-order valence-corrected chi connectivity index (χ1v) is 11.8. The third-order valence-corrected chi connectivity index (χ3v) is 6.50. The van der Waals surface area contributed by atoms with Gasteiger partial charge in [0, 0.05) is 27.7 Å². The smallest absolute Gasteiger partial charge is 0.338 e. The fraction of sp³-hybridized carbons (Fsp3) is 0.120. The van der Waals surface area contributed by atoms with Gasteiger partial charge in [-0.15, -0.1) is 11.8 Å². The molecule has 0 aromatic heterocycles. The monoisotopic (exact) mass is 509 g/mol. The van der Waals surface area contributed by atoms with Gasteiger partial charge in [-0.1, -0.05) is 17.7 Å². The van der Waals surface area contributed by atoms with Crippen LogP contribution in [0, 0.1) is 0 Å². The molecule has 3 amide bonds. The summed E-state index contributed by atoms with van der Waals surface area (Å²) in [6, 6.07) is 19.5. The number of esters is 1. The summed E-state index contributed by atoms with van der Waals surface area (Å²) in [7, 11) is 0. The second-order valence-corrected chi connectivity index (χ2v) is 9.34. The van der Waals surface area contributed by atoms with Crippen molar-refractivity contribution >= 4 is 64.1 Å². The van der Waals surface area contributed by atoms with Gasteiger partial charge in [0.1, 0.15) is 0 Å². The van der Waals surface area contributed by atoms with E-state index in [-0.39, 0.29) is 23.8 Å². The van der Waals surface area contributed by atoms with Crippen molar-refractivity contribution in [1.29, 1.82) is 0 Å². The Kier molecular flexibility index (Phi) is 7.38.